The molecule has 1 amide bonds. The van der Waals surface area contributed by atoms with E-state index in [1.165, 1.54) is 19.4 Å². The topological polar surface area (TPSA) is 76.1 Å². The van der Waals surface area contributed by atoms with E-state index in [2.05, 4.69) is 20.6 Å². The summed E-state index contributed by atoms with van der Waals surface area (Å²) in [6, 6.07) is 14.3. The van der Waals surface area contributed by atoms with Gasteiger partial charge in [-0.15, -0.1) is 0 Å². The fourth-order valence-corrected chi connectivity index (χ4v) is 2.52. The van der Waals surface area contributed by atoms with Crippen molar-refractivity contribution in [3.05, 3.63) is 71.0 Å². The van der Waals surface area contributed by atoms with Crippen LogP contribution in [0, 0.1) is 6.92 Å². The number of nitrogens with one attached hydrogen (secondary N) is 2. The lowest BCUT2D eigenvalue weighted by molar-refractivity contribution is 0.102. The normalized spacial score (nSPS) is 10.3. The van der Waals surface area contributed by atoms with Crippen molar-refractivity contribution in [2.75, 3.05) is 17.7 Å². The third-order valence-electron chi connectivity index (χ3n) is 3.69. The summed E-state index contributed by atoms with van der Waals surface area (Å²) in [5.74, 6) is 0.459. The first-order valence-corrected chi connectivity index (χ1v) is 8.25. The van der Waals surface area contributed by atoms with E-state index in [1.807, 2.05) is 31.2 Å². The van der Waals surface area contributed by atoms with Gasteiger partial charge in [-0.25, -0.2) is 9.97 Å². The van der Waals surface area contributed by atoms with Gasteiger partial charge in [0.1, 0.15) is 11.4 Å². The number of carbonyl (C=O) groups excluding carboxylic acids is 1. The number of rotatable bonds is 5. The number of nitrogens with zero attached hydrogens (tertiary/aromatic N) is 2. The molecule has 3 rings (SSSR count). The van der Waals surface area contributed by atoms with E-state index in [-0.39, 0.29) is 11.6 Å². The Morgan fingerprint density at radius 2 is 1.92 bits per heavy atom. The van der Waals surface area contributed by atoms with Crippen LogP contribution in [0.4, 0.5) is 17.3 Å². The lowest BCUT2D eigenvalue weighted by Gasteiger charge is -2.11. The van der Waals surface area contributed by atoms with Gasteiger partial charge < -0.3 is 15.4 Å². The molecule has 0 aliphatic heterocycles. The summed E-state index contributed by atoms with van der Waals surface area (Å²) < 4.78 is 5.23. The first-order valence-electron chi connectivity index (χ1n) is 7.87. The van der Waals surface area contributed by atoms with Gasteiger partial charge in [-0.2, -0.15) is 0 Å². The number of methoxy groups -OCH3 is 1. The van der Waals surface area contributed by atoms with Gasteiger partial charge in [0, 0.05) is 16.9 Å². The van der Waals surface area contributed by atoms with Crippen LogP contribution in [0.1, 0.15) is 16.1 Å². The summed E-state index contributed by atoms with van der Waals surface area (Å²) in [5, 5.41) is 6.36. The fourth-order valence-electron chi connectivity index (χ4n) is 2.34. The molecule has 0 fully saturated rings. The van der Waals surface area contributed by atoms with Gasteiger partial charge in [0.15, 0.2) is 0 Å². The molecule has 26 heavy (non-hydrogen) atoms. The van der Waals surface area contributed by atoms with E-state index < -0.39 is 0 Å². The molecule has 6 nitrogen and oxygen atoms in total. The number of halogens is 1. The molecule has 0 bridgehead atoms. The van der Waals surface area contributed by atoms with Crippen molar-refractivity contribution >= 4 is 34.8 Å². The van der Waals surface area contributed by atoms with Crippen LogP contribution in [0.5, 0.6) is 5.75 Å². The first-order chi connectivity index (χ1) is 12.6. The number of amides is 1. The number of carbonyl (C=O) groups is 1. The molecule has 2 aromatic carbocycles. The zero-order chi connectivity index (χ0) is 18.5. The lowest BCUT2D eigenvalue weighted by atomic mass is 10.2. The van der Waals surface area contributed by atoms with Crippen molar-refractivity contribution in [1.29, 1.82) is 0 Å². The van der Waals surface area contributed by atoms with Crippen LogP contribution >= 0.6 is 11.6 Å². The molecule has 7 heteroatoms. The molecule has 0 saturated carbocycles. The standard InChI is InChI=1S/C19H17ClN4O2/c1-12-5-3-4-6-14(12)23-19-21-10-9-15(24-19)18(25)22-16-11-13(20)7-8-17(16)26-2/h3-11H,1-2H3,(H,22,25)(H,21,23,24). The predicted octanol–water partition coefficient (Wildman–Crippen LogP) is 4.44. The first kappa shape index (κ1) is 17.7. The number of anilines is 3. The maximum absolute atomic E-state index is 12.5. The largest absolute Gasteiger partial charge is 0.495 e. The number of ether oxygens (including phenoxy) is 1. The molecule has 2 N–H and O–H groups in total. The Balaban J connectivity index is 1.81. The Hall–Kier alpha value is -3.12. The molecule has 3 aromatic rings. The SMILES string of the molecule is COc1ccc(Cl)cc1NC(=O)c1ccnc(Nc2ccccc2C)n1. The number of benzene rings is 2. The van der Waals surface area contributed by atoms with E-state index in [9.17, 15) is 4.79 Å². The summed E-state index contributed by atoms with van der Waals surface area (Å²) >= 11 is 5.99. The van der Waals surface area contributed by atoms with Crippen LogP contribution in [-0.4, -0.2) is 23.0 Å². The van der Waals surface area contributed by atoms with Crippen LogP contribution in [-0.2, 0) is 0 Å². The summed E-state index contributed by atoms with van der Waals surface area (Å²) in [4.78, 5) is 21.0. The van der Waals surface area contributed by atoms with Crippen molar-refractivity contribution in [2.45, 2.75) is 6.92 Å². The van der Waals surface area contributed by atoms with Gasteiger partial charge in [0.25, 0.3) is 5.91 Å². The summed E-state index contributed by atoms with van der Waals surface area (Å²) in [6.45, 7) is 1.98. The van der Waals surface area contributed by atoms with Gasteiger partial charge in [-0.3, -0.25) is 4.79 Å². The van der Waals surface area contributed by atoms with Crippen LogP contribution in [0.3, 0.4) is 0 Å². The summed E-state index contributed by atoms with van der Waals surface area (Å²) in [5.41, 5.74) is 2.62. The molecule has 1 aromatic heterocycles. The highest BCUT2D eigenvalue weighted by atomic mass is 35.5. The number of hydrogen-bond acceptors (Lipinski definition) is 5. The molecule has 0 aliphatic carbocycles. The Morgan fingerprint density at radius 1 is 1.12 bits per heavy atom. The predicted molar refractivity (Wildman–Crippen MR) is 102 cm³/mol. The quantitative estimate of drug-likeness (QED) is 0.696. The zero-order valence-corrected chi connectivity index (χ0v) is 15.0. The van der Waals surface area contributed by atoms with Crippen molar-refractivity contribution < 1.29 is 9.53 Å². The van der Waals surface area contributed by atoms with E-state index in [0.717, 1.165) is 11.3 Å². The van der Waals surface area contributed by atoms with Crippen molar-refractivity contribution in [3.63, 3.8) is 0 Å². The van der Waals surface area contributed by atoms with Crippen LogP contribution < -0.4 is 15.4 Å². The number of para-hydroxylation sites is 1. The van der Waals surface area contributed by atoms with Crippen molar-refractivity contribution in [3.8, 4) is 5.75 Å². The van der Waals surface area contributed by atoms with Crippen LogP contribution in [0.25, 0.3) is 0 Å². The average Bonchev–Trinajstić information content (AvgIpc) is 2.64. The fraction of sp³-hybridized carbons (Fsp3) is 0.105. The minimum Gasteiger partial charge on any atom is -0.495 e. The summed E-state index contributed by atoms with van der Waals surface area (Å²) in [6.07, 6.45) is 1.53. The molecule has 0 saturated heterocycles. The lowest BCUT2D eigenvalue weighted by Crippen LogP contribution is -2.15. The Labute approximate surface area is 156 Å². The molecule has 0 atom stereocenters. The monoisotopic (exact) mass is 368 g/mol. The Kier molecular flexibility index (Phi) is 5.34. The van der Waals surface area contributed by atoms with Gasteiger partial charge >= 0.3 is 0 Å². The molecular formula is C19H17ClN4O2. The van der Waals surface area contributed by atoms with Gasteiger partial charge in [-0.1, -0.05) is 29.8 Å². The number of hydrogen-bond donors (Lipinski definition) is 2. The molecule has 0 unspecified atom stereocenters. The average molecular weight is 369 g/mol. The van der Waals surface area contributed by atoms with Gasteiger partial charge in [0.2, 0.25) is 5.95 Å². The second-order valence-electron chi connectivity index (χ2n) is 5.50. The van der Waals surface area contributed by atoms with Gasteiger partial charge in [0.05, 0.1) is 12.8 Å². The van der Waals surface area contributed by atoms with E-state index >= 15 is 0 Å². The highest BCUT2D eigenvalue weighted by Crippen LogP contribution is 2.28. The maximum atomic E-state index is 12.5. The zero-order valence-electron chi connectivity index (χ0n) is 14.3. The number of aryl methyl sites for hydroxylation is 1. The van der Waals surface area contributed by atoms with E-state index in [0.29, 0.717) is 22.4 Å². The van der Waals surface area contributed by atoms with E-state index in [4.69, 9.17) is 16.3 Å². The van der Waals surface area contributed by atoms with Crippen molar-refractivity contribution in [2.24, 2.45) is 0 Å². The molecule has 0 spiro atoms. The molecule has 132 valence electrons. The highest BCUT2D eigenvalue weighted by Gasteiger charge is 2.13. The van der Waals surface area contributed by atoms with E-state index in [1.54, 1.807) is 18.2 Å². The molecule has 0 radical (unpaired) electrons. The molecular weight excluding hydrogens is 352 g/mol. The Bertz CT molecular complexity index is 946. The second kappa shape index (κ2) is 7.84. The third-order valence-corrected chi connectivity index (χ3v) is 3.92. The molecule has 1 heterocycles. The van der Waals surface area contributed by atoms with Crippen LogP contribution in [0.2, 0.25) is 5.02 Å². The highest BCUT2D eigenvalue weighted by molar-refractivity contribution is 6.31. The molecule has 0 aliphatic rings. The van der Waals surface area contributed by atoms with Gasteiger partial charge in [-0.05, 0) is 42.8 Å². The number of aromatic nitrogens is 2. The smallest absolute Gasteiger partial charge is 0.274 e. The maximum Gasteiger partial charge on any atom is 0.274 e. The third kappa shape index (κ3) is 4.10. The second-order valence-corrected chi connectivity index (χ2v) is 5.94. The minimum atomic E-state index is -0.388. The van der Waals surface area contributed by atoms with Crippen LogP contribution in [0.15, 0.2) is 54.7 Å². The summed E-state index contributed by atoms with van der Waals surface area (Å²) in [7, 11) is 1.52. The van der Waals surface area contributed by atoms with Crippen molar-refractivity contribution in [1.82, 2.24) is 9.97 Å². The Morgan fingerprint density at radius 3 is 2.69 bits per heavy atom. The minimum absolute atomic E-state index is 0.220.